The van der Waals surface area contributed by atoms with E-state index in [0.717, 1.165) is 65.0 Å². The fourth-order valence-corrected chi connectivity index (χ4v) is 4.52. The first-order valence-corrected chi connectivity index (χ1v) is 10.6. The minimum Gasteiger partial charge on any atom is -0.495 e. The summed E-state index contributed by atoms with van der Waals surface area (Å²) in [6, 6.07) is 20.6. The molecule has 2 aromatic heterocycles. The van der Waals surface area contributed by atoms with Gasteiger partial charge in [0.15, 0.2) is 5.82 Å². The molecule has 0 aliphatic carbocycles. The summed E-state index contributed by atoms with van der Waals surface area (Å²) in [5, 5.41) is 3.18. The van der Waals surface area contributed by atoms with Crippen LogP contribution in [-0.2, 0) is 0 Å². The van der Waals surface area contributed by atoms with E-state index in [-0.39, 0.29) is 0 Å². The number of fused-ring (bicyclic) bond motifs is 1. The maximum absolute atomic E-state index is 5.55. The zero-order chi connectivity index (χ0) is 19.6. The van der Waals surface area contributed by atoms with Gasteiger partial charge in [0, 0.05) is 31.6 Å². The van der Waals surface area contributed by atoms with Crippen molar-refractivity contribution in [2.45, 2.75) is 0 Å². The summed E-state index contributed by atoms with van der Waals surface area (Å²) in [4.78, 5) is 15.7. The Kier molecular flexibility index (Phi) is 4.77. The lowest BCUT2D eigenvalue weighted by atomic mass is 10.2. The molecule has 4 aromatic rings. The molecule has 5 nitrogen and oxygen atoms in total. The molecule has 146 valence electrons. The summed E-state index contributed by atoms with van der Waals surface area (Å²) in [5.41, 5.74) is 2.15. The number of hydrogen-bond donors (Lipinski definition) is 0. The second kappa shape index (κ2) is 7.72. The fourth-order valence-electron chi connectivity index (χ4n) is 3.87. The third-order valence-electron chi connectivity index (χ3n) is 5.33. The highest BCUT2D eigenvalue weighted by Crippen LogP contribution is 2.32. The van der Waals surface area contributed by atoms with Gasteiger partial charge < -0.3 is 14.5 Å². The lowest BCUT2D eigenvalue weighted by Crippen LogP contribution is -2.47. The molecule has 0 saturated carbocycles. The average Bonchev–Trinajstić information content (AvgIpc) is 3.33. The van der Waals surface area contributed by atoms with Gasteiger partial charge >= 0.3 is 0 Å². The van der Waals surface area contributed by atoms with E-state index in [1.807, 2.05) is 24.3 Å². The van der Waals surface area contributed by atoms with E-state index >= 15 is 0 Å². The smallest absolute Gasteiger partial charge is 0.172 e. The van der Waals surface area contributed by atoms with Crippen LogP contribution in [0.4, 0.5) is 11.5 Å². The highest BCUT2D eigenvalue weighted by atomic mass is 32.1. The molecule has 6 heteroatoms. The van der Waals surface area contributed by atoms with E-state index in [1.54, 1.807) is 18.4 Å². The average molecular weight is 403 g/mol. The van der Waals surface area contributed by atoms with Crippen LogP contribution in [0.2, 0.25) is 0 Å². The predicted molar refractivity (Wildman–Crippen MR) is 120 cm³/mol. The first-order valence-electron chi connectivity index (χ1n) is 9.77. The van der Waals surface area contributed by atoms with Crippen molar-refractivity contribution >= 4 is 33.7 Å². The van der Waals surface area contributed by atoms with Crippen LogP contribution in [0.5, 0.6) is 5.75 Å². The van der Waals surface area contributed by atoms with E-state index in [1.165, 1.54) is 0 Å². The molecule has 1 aliphatic heterocycles. The second-order valence-corrected chi connectivity index (χ2v) is 7.96. The van der Waals surface area contributed by atoms with Crippen molar-refractivity contribution < 1.29 is 4.74 Å². The van der Waals surface area contributed by atoms with Gasteiger partial charge in [0.25, 0.3) is 0 Å². The van der Waals surface area contributed by atoms with E-state index in [0.29, 0.717) is 0 Å². The first kappa shape index (κ1) is 17.9. The third-order valence-corrected chi connectivity index (χ3v) is 6.20. The van der Waals surface area contributed by atoms with Crippen LogP contribution in [0.1, 0.15) is 0 Å². The fraction of sp³-hybridized carbons (Fsp3) is 0.217. The molecule has 5 rings (SSSR count). The summed E-state index contributed by atoms with van der Waals surface area (Å²) in [6.07, 6.45) is 0. The molecule has 1 fully saturated rings. The minimum atomic E-state index is 0.806. The van der Waals surface area contributed by atoms with Gasteiger partial charge in [-0.25, -0.2) is 9.97 Å². The van der Waals surface area contributed by atoms with Crippen LogP contribution >= 0.6 is 11.3 Å². The normalized spacial score (nSPS) is 14.4. The number of thiophene rings is 1. The van der Waals surface area contributed by atoms with Crippen molar-refractivity contribution in [1.29, 1.82) is 0 Å². The Morgan fingerprint density at radius 2 is 1.59 bits per heavy atom. The Labute approximate surface area is 174 Å². The molecule has 0 amide bonds. The van der Waals surface area contributed by atoms with Crippen molar-refractivity contribution in [3.05, 3.63) is 66.0 Å². The third kappa shape index (κ3) is 3.40. The number of methoxy groups -OCH3 is 1. The van der Waals surface area contributed by atoms with Gasteiger partial charge in [0.05, 0.1) is 23.2 Å². The summed E-state index contributed by atoms with van der Waals surface area (Å²) in [7, 11) is 1.73. The quantitative estimate of drug-likeness (QED) is 0.495. The highest BCUT2D eigenvalue weighted by molar-refractivity contribution is 7.13. The minimum absolute atomic E-state index is 0.806. The number of hydrogen-bond acceptors (Lipinski definition) is 6. The van der Waals surface area contributed by atoms with Gasteiger partial charge in [0.2, 0.25) is 0 Å². The van der Waals surface area contributed by atoms with Crippen LogP contribution < -0.4 is 14.5 Å². The number of ether oxygens (including phenoxy) is 1. The molecule has 0 unspecified atom stereocenters. The van der Waals surface area contributed by atoms with Crippen molar-refractivity contribution in [3.8, 4) is 16.5 Å². The molecule has 0 atom stereocenters. The van der Waals surface area contributed by atoms with Gasteiger partial charge in [-0.2, -0.15) is 0 Å². The molecular weight excluding hydrogens is 380 g/mol. The van der Waals surface area contributed by atoms with E-state index in [2.05, 4.69) is 51.6 Å². The molecule has 1 aliphatic rings. The molecule has 2 aromatic carbocycles. The zero-order valence-electron chi connectivity index (χ0n) is 16.3. The second-order valence-electron chi connectivity index (χ2n) is 7.01. The summed E-state index contributed by atoms with van der Waals surface area (Å²) >= 11 is 1.68. The number of para-hydroxylation sites is 3. The topological polar surface area (TPSA) is 41.5 Å². The lowest BCUT2D eigenvalue weighted by Gasteiger charge is -2.37. The van der Waals surface area contributed by atoms with Gasteiger partial charge in [-0.15, -0.1) is 11.3 Å². The predicted octanol–water partition coefficient (Wildman–Crippen LogP) is 4.69. The maximum Gasteiger partial charge on any atom is 0.172 e. The van der Waals surface area contributed by atoms with E-state index in [4.69, 9.17) is 14.7 Å². The van der Waals surface area contributed by atoms with Gasteiger partial charge in [-0.05, 0) is 35.7 Å². The van der Waals surface area contributed by atoms with E-state index < -0.39 is 0 Å². The zero-order valence-corrected chi connectivity index (χ0v) is 17.1. The highest BCUT2D eigenvalue weighted by Gasteiger charge is 2.23. The number of rotatable bonds is 4. The lowest BCUT2D eigenvalue weighted by molar-refractivity contribution is 0.413. The molecule has 0 radical (unpaired) electrons. The summed E-state index contributed by atoms with van der Waals surface area (Å²) in [6.45, 7) is 3.66. The Morgan fingerprint density at radius 3 is 2.38 bits per heavy atom. The van der Waals surface area contributed by atoms with Gasteiger partial charge in [0.1, 0.15) is 11.6 Å². The molecule has 0 bridgehead atoms. The van der Waals surface area contributed by atoms with Crippen molar-refractivity contribution in [3.63, 3.8) is 0 Å². The maximum atomic E-state index is 5.55. The molecule has 0 spiro atoms. The Balaban J connectivity index is 1.46. The Morgan fingerprint density at radius 1 is 0.828 bits per heavy atom. The molecule has 29 heavy (non-hydrogen) atoms. The molecule has 3 heterocycles. The number of nitrogens with zero attached hydrogens (tertiary/aromatic N) is 4. The monoisotopic (exact) mass is 402 g/mol. The largest absolute Gasteiger partial charge is 0.495 e. The van der Waals surface area contributed by atoms with Crippen molar-refractivity contribution in [2.75, 3.05) is 43.1 Å². The van der Waals surface area contributed by atoms with Gasteiger partial charge in [-0.3, -0.25) is 0 Å². The van der Waals surface area contributed by atoms with Crippen LogP contribution in [0.15, 0.2) is 66.0 Å². The SMILES string of the molecule is COc1ccccc1N1CCN(c2nc(-c3cccs3)nc3ccccc23)CC1. The number of piperazine rings is 1. The molecule has 1 saturated heterocycles. The van der Waals surface area contributed by atoms with Crippen LogP contribution in [0, 0.1) is 0 Å². The summed E-state index contributed by atoms with van der Waals surface area (Å²) < 4.78 is 5.55. The van der Waals surface area contributed by atoms with Crippen LogP contribution in [0.25, 0.3) is 21.6 Å². The van der Waals surface area contributed by atoms with Crippen molar-refractivity contribution in [1.82, 2.24) is 9.97 Å². The number of anilines is 2. The molecular formula is C23H22N4OS. The number of aromatic nitrogens is 2. The van der Waals surface area contributed by atoms with Crippen LogP contribution in [-0.4, -0.2) is 43.3 Å². The Bertz CT molecular complexity index is 1120. The van der Waals surface area contributed by atoms with Gasteiger partial charge in [-0.1, -0.05) is 30.3 Å². The van der Waals surface area contributed by atoms with Crippen LogP contribution in [0.3, 0.4) is 0 Å². The Hall–Kier alpha value is -3.12. The first-order chi connectivity index (χ1) is 14.3. The number of benzene rings is 2. The summed E-state index contributed by atoms with van der Waals surface area (Å²) in [5.74, 6) is 2.76. The standard InChI is InChI=1S/C23H22N4OS/c1-28-20-10-5-4-9-19(20)26-12-14-27(15-13-26)23-17-7-2-3-8-18(17)24-22(25-23)21-11-6-16-29-21/h2-11,16H,12-15H2,1H3. The van der Waals surface area contributed by atoms with Crippen molar-refractivity contribution in [2.24, 2.45) is 0 Å². The van der Waals surface area contributed by atoms with E-state index in [9.17, 15) is 0 Å². The molecule has 0 N–H and O–H groups in total.